The maximum atomic E-state index is 12.2. The summed E-state index contributed by atoms with van der Waals surface area (Å²) in [6, 6.07) is 16.1. The largest absolute Gasteiger partial charge is 0.497 e. The first-order chi connectivity index (χ1) is 11.0. The number of carbonyl (C=O) groups excluding carboxylic acids is 1. The average Bonchev–Trinajstić information content (AvgIpc) is 2.59. The number of methoxy groups -OCH3 is 1. The van der Waals surface area contributed by atoms with Gasteiger partial charge < -0.3 is 10.1 Å². The quantitative estimate of drug-likeness (QED) is 0.866. The topological polar surface area (TPSA) is 38.3 Å². The van der Waals surface area contributed by atoms with Gasteiger partial charge >= 0.3 is 0 Å². The van der Waals surface area contributed by atoms with E-state index in [-0.39, 0.29) is 11.8 Å². The number of rotatable bonds is 6. The van der Waals surface area contributed by atoms with Crippen molar-refractivity contribution in [2.75, 3.05) is 13.7 Å². The van der Waals surface area contributed by atoms with E-state index < -0.39 is 0 Å². The Morgan fingerprint density at radius 2 is 1.74 bits per heavy atom. The van der Waals surface area contributed by atoms with Crippen LogP contribution in [0, 0.1) is 5.92 Å². The van der Waals surface area contributed by atoms with Crippen molar-refractivity contribution in [1.82, 2.24) is 5.32 Å². The lowest BCUT2D eigenvalue weighted by atomic mass is 9.96. The van der Waals surface area contributed by atoms with Gasteiger partial charge in [-0.15, -0.1) is 0 Å². The van der Waals surface area contributed by atoms with Crippen LogP contribution in [0.1, 0.15) is 32.3 Å². The molecule has 0 radical (unpaired) electrons. The van der Waals surface area contributed by atoms with Crippen molar-refractivity contribution in [2.45, 2.75) is 26.7 Å². The monoisotopic (exact) mass is 311 g/mol. The van der Waals surface area contributed by atoms with Gasteiger partial charge in [-0.2, -0.15) is 0 Å². The Labute approximate surface area is 138 Å². The number of amides is 1. The predicted octanol–water partition coefficient (Wildman–Crippen LogP) is 4.24. The zero-order valence-corrected chi connectivity index (χ0v) is 14.3. The van der Waals surface area contributed by atoms with Crippen molar-refractivity contribution < 1.29 is 9.53 Å². The van der Waals surface area contributed by atoms with Crippen LogP contribution in [0.4, 0.5) is 0 Å². The minimum absolute atomic E-state index is 0.0767. The molecule has 0 heterocycles. The summed E-state index contributed by atoms with van der Waals surface area (Å²) in [6.45, 7) is 6.84. The third-order valence-corrected chi connectivity index (χ3v) is 3.89. The van der Waals surface area contributed by atoms with Gasteiger partial charge in [-0.25, -0.2) is 0 Å². The van der Waals surface area contributed by atoms with Crippen LogP contribution in [-0.2, 0) is 4.79 Å². The lowest BCUT2D eigenvalue weighted by Gasteiger charge is -2.14. The number of nitrogens with one attached hydrogen (secondary N) is 1. The first-order valence-corrected chi connectivity index (χ1v) is 8.03. The Morgan fingerprint density at radius 1 is 1.04 bits per heavy atom. The van der Waals surface area contributed by atoms with Crippen molar-refractivity contribution in [3.05, 3.63) is 54.1 Å². The number of carbonyl (C=O) groups is 1. The Balaban J connectivity index is 2.10. The molecular formula is C20H25NO2. The Bertz CT molecular complexity index is 647. The number of benzene rings is 2. The molecule has 3 heteroatoms. The van der Waals surface area contributed by atoms with Crippen LogP contribution in [0.3, 0.4) is 0 Å². The molecule has 1 amide bonds. The zero-order valence-electron chi connectivity index (χ0n) is 14.3. The molecular weight excluding hydrogens is 286 g/mol. The normalized spacial score (nSPS) is 12.0. The minimum atomic E-state index is -0.145. The molecule has 0 aliphatic rings. The van der Waals surface area contributed by atoms with E-state index >= 15 is 0 Å². The highest BCUT2D eigenvalue weighted by Crippen LogP contribution is 2.25. The number of hydrogen-bond acceptors (Lipinski definition) is 2. The Morgan fingerprint density at radius 3 is 2.35 bits per heavy atom. The Hall–Kier alpha value is -2.29. The molecule has 0 spiro atoms. The van der Waals surface area contributed by atoms with Crippen molar-refractivity contribution in [3.8, 4) is 16.9 Å². The summed E-state index contributed by atoms with van der Waals surface area (Å²) in [5.41, 5.74) is 3.24. The molecule has 0 aliphatic carbocycles. The van der Waals surface area contributed by atoms with Crippen LogP contribution >= 0.6 is 0 Å². The fraction of sp³-hybridized carbons (Fsp3) is 0.350. The van der Waals surface area contributed by atoms with Crippen LogP contribution in [0.2, 0.25) is 0 Å². The Kier molecular flexibility index (Phi) is 5.80. The molecule has 122 valence electrons. The van der Waals surface area contributed by atoms with E-state index in [0.717, 1.165) is 22.4 Å². The fourth-order valence-electron chi connectivity index (χ4n) is 2.38. The third kappa shape index (κ3) is 4.59. The minimum Gasteiger partial charge on any atom is -0.497 e. The van der Waals surface area contributed by atoms with Crippen LogP contribution in [0.15, 0.2) is 48.5 Å². The fourth-order valence-corrected chi connectivity index (χ4v) is 2.38. The van der Waals surface area contributed by atoms with Gasteiger partial charge in [0, 0.05) is 6.54 Å². The molecule has 0 bridgehead atoms. The van der Waals surface area contributed by atoms with Crippen LogP contribution in [0.25, 0.3) is 11.1 Å². The SMILES string of the molecule is COc1cccc(-c2ccc(C(C)C(=O)NCC(C)C)cc2)c1. The molecule has 0 aromatic heterocycles. The van der Waals surface area contributed by atoms with Crippen LogP contribution in [0.5, 0.6) is 5.75 Å². The molecule has 0 fully saturated rings. The highest BCUT2D eigenvalue weighted by atomic mass is 16.5. The second-order valence-corrected chi connectivity index (χ2v) is 6.21. The van der Waals surface area contributed by atoms with Crippen LogP contribution in [-0.4, -0.2) is 19.6 Å². The van der Waals surface area contributed by atoms with E-state index in [4.69, 9.17) is 4.74 Å². The van der Waals surface area contributed by atoms with E-state index in [2.05, 4.69) is 37.4 Å². The van der Waals surface area contributed by atoms with Gasteiger partial charge in [0.1, 0.15) is 5.75 Å². The summed E-state index contributed by atoms with van der Waals surface area (Å²) in [4.78, 5) is 12.2. The zero-order chi connectivity index (χ0) is 16.8. The molecule has 3 nitrogen and oxygen atoms in total. The first kappa shape index (κ1) is 17.1. The molecule has 23 heavy (non-hydrogen) atoms. The average molecular weight is 311 g/mol. The summed E-state index contributed by atoms with van der Waals surface area (Å²) in [6.07, 6.45) is 0. The second kappa shape index (κ2) is 7.82. The molecule has 1 unspecified atom stereocenters. The smallest absolute Gasteiger partial charge is 0.227 e. The van der Waals surface area contributed by atoms with Gasteiger partial charge in [-0.3, -0.25) is 4.79 Å². The van der Waals surface area contributed by atoms with E-state index in [0.29, 0.717) is 12.5 Å². The molecule has 2 aromatic carbocycles. The maximum Gasteiger partial charge on any atom is 0.227 e. The van der Waals surface area contributed by atoms with Crippen molar-refractivity contribution in [2.24, 2.45) is 5.92 Å². The van der Waals surface area contributed by atoms with E-state index in [1.807, 2.05) is 37.3 Å². The molecule has 0 saturated carbocycles. The molecule has 2 aromatic rings. The molecule has 1 atom stereocenters. The summed E-state index contributed by atoms with van der Waals surface area (Å²) in [7, 11) is 1.67. The van der Waals surface area contributed by atoms with E-state index in [1.54, 1.807) is 7.11 Å². The molecule has 0 saturated heterocycles. The summed E-state index contributed by atoms with van der Waals surface area (Å²) in [5, 5.41) is 2.99. The number of ether oxygens (including phenoxy) is 1. The predicted molar refractivity (Wildman–Crippen MR) is 94.7 cm³/mol. The first-order valence-electron chi connectivity index (χ1n) is 8.03. The van der Waals surface area contributed by atoms with Crippen molar-refractivity contribution >= 4 is 5.91 Å². The summed E-state index contributed by atoms with van der Waals surface area (Å²) >= 11 is 0. The second-order valence-electron chi connectivity index (χ2n) is 6.21. The van der Waals surface area contributed by atoms with Crippen molar-refractivity contribution in [1.29, 1.82) is 0 Å². The molecule has 0 aliphatic heterocycles. The molecule has 1 N–H and O–H groups in total. The van der Waals surface area contributed by atoms with Gasteiger partial charge in [-0.05, 0) is 41.7 Å². The third-order valence-electron chi connectivity index (χ3n) is 3.89. The van der Waals surface area contributed by atoms with Gasteiger partial charge in [0.15, 0.2) is 0 Å². The van der Waals surface area contributed by atoms with Gasteiger partial charge in [0.05, 0.1) is 13.0 Å². The highest BCUT2D eigenvalue weighted by Gasteiger charge is 2.15. The summed E-state index contributed by atoms with van der Waals surface area (Å²) < 4.78 is 5.26. The highest BCUT2D eigenvalue weighted by molar-refractivity contribution is 5.83. The lowest BCUT2D eigenvalue weighted by Crippen LogP contribution is -2.31. The van der Waals surface area contributed by atoms with Gasteiger partial charge in [0.25, 0.3) is 0 Å². The standard InChI is InChI=1S/C20H25NO2/c1-14(2)13-21-20(22)15(3)16-8-10-17(11-9-16)18-6-5-7-19(12-18)23-4/h5-12,14-15H,13H2,1-4H3,(H,21,22). The van der Waals surface area contributed by atoms with Crippen LogP contribution < -0.4 is 10.1 Å². The maximum absolute atomic E-state index is 12.2. The van der Waals surface area contributed by atoms with Crippen molar-refractivity contribution in [3.63, 3.8) is 0 Å². The van der Waals surface area contributed by atoms with E-state index in [9.17, 15) is 4.79 Å². The van der Waals surface area contributed by atoms with Gasteiger partial charge in [-0.1, -0.05) is 50.2 Å². The van der Waals surface area contributed by atoms with E-state index in [1.165, 1.54) is 0 Å². The summed E-state index contributed by atoms with van der Waals surface area (Å²) in [5.74, 6) is 1.23. The lowest BCUT2D eigenvalue weighted by molar-refractivity contribution is -0.122. The number of hydrogen-bond donors (Lipinski definition) is 1. The van der Waals surface area contributed by atoms with Gasteiger partial charge in [0.2, 0.25) is 5.91 Å². The molecule has 2 rings (SSSR count).